The lowest BCUT2D eigenvalue weighted by Gasteiger charge is -2.17. The zero-order chi connectivity index (χ0) is 20.9. The van der Waals surface area contributed by atoms with E-state index in [1.54, 1.807) is 7.11 Å². The van der Waals surface area contributed by atoms with Gasteiger partial charge in [-0.05, 0) is 69.2 Å². The summed E-state index contributed by atoms with van der Waals surface area (Å²) in [5.41, 5.74) is 6.47. The Morgan fingerprint density at radius 3 is 2.38 bits per heavy atom. The van der Waals surface area contributed by atoms with Crippen LogP contribution in [0, 0.1) is 0 Å². The van der Waals surface area contributed by atoms with Gasteiger partial charge in [-0.25, -0.2) is 0 Å². The highest BCUT2D eigenvalue weighted by Gasteiger charge is 2.19. The minimum atomic E-state index is -0.595. The summed E-state index contributed by atoms with van der Waals surface area (Å²) >= 11 is 0. The highest BCUT2D eigenvalue weighted by molar-refractivity contribution is 6.35. The molecule has 4 N–H and O–H groups in total. The van der Waals surface area contributed by atoms with Crippen molar-refractivity contribution in [3.8, 4) is 11.5 Å². The number of methoxy groups -OCH3 is 1. The number of rotatable bonds is 12. The van der Waals surface area contributed by atoms with Gasteiger partial charge in [-0.2, -0.15) is 0 Å². The number of nitrogens with two attached hydrogens (primary N) is 1. The summed E-state index contributed by atoms with van der Waals surface area (Å²) in [5, 5.41) is 5.33. The van der Waals surface area contributed by atoms with Crippen LogP contribution in [-0.4, -0.2) is 44.7 Å². The van der Waals surface area contributed by atoms with Gasteiger partial charge in [0.05, 0.1) is 13.2 Å². The molecular formula is C22H35N3O4. The molecular weight excluding hydrogens is 370 g/mol. The monoisotopic (exact) mass is 405 g/mol. The van der Waals surface area contributed by atoms with E-state index >= 15 is 0 Å². The Morgan fingerprint density at radius 2 is 1.69 bits per heavy atom. The molecule has 1 aliphatic carbocycles. The van der Waals surface area contributed by atoms with E-state index in [-0.39, 0.29) is 6.10 Å². The zero-order valence-corrected chi connectivity index (χ0v) is 17.5. The maximum absolute atomic E-state index is 11.9. The lowest BCUT2D eigenvalue weighted by atomic mass is 10.1. The summed E-state index contributed by atoms with van der Waals surface area (Å²) in [5.74, 6) is 0.290. The fraction of sp³-hybridized carbons (Fsp3) is 0.636. The van der Waals surface area contributed by atoms with E-state index in [4.69, 9.17) is 15.2 Å². The molecule has 0 radical (unpaired) electrons. The first-order chi connectivity index (χ1) is 14.1. The van der Waals surface area contributed by atoms with Crippen LogP contribution in [0.5, 0.6) is 11.5 Å². The number of carbonyl (C=O) groups excluding carboxylic acids is 2. The van der Waals surface area contributed by atoms with Crippen molar-refractivity contribution in [2.75, 3.05) is 26.7 Å². The van der Waals surface area contributed by atoms with Gasteiger partial charge in [-0.3, -0.25) is 9.59 Å². The lowest BCUT2D eigenvalue weighted by Crippen LogP contribution is -2.41. The molecule has 1 aromatic carbocycles. The van der Waals surface area contributed by atoms with Gasteiger partial charge in [-0.1, -0.05) is 18.9 Å². The number of ether oxygens (including phenoxy) is 2. The van der Waals surface area contributed by atoms with Crippen molar-refractivity contribution in [3.63, 3.8) is 0 Å². The van der Waals surface area contributed by atoms with Crippen LogP contribution in [0.25, 0.3) is 0 Å². The molecule has 0 atom stereocenters. The number of carbonyl (C=O) groups is 2. The first-order valence-electron chi connectivity index (χ1n) is 10.7. The van der Waals surface area contributed by atoms with Crippen LogP contribution in [0.2, 0.25) is 0 Å². The zero-order valence-electron chi connectivity index (χ0n) is 17.5. The molecule has 0 heterocycles. The topological polar surface area (TPSA) is 103 Å². The van der Waals surface area contributed by atoms with Crippen molar-refractivity contribution in [2.45, 2.75) is 63.9 Å². The van der Waals surface area contributed by atoms with Gasteiger partial charge in [-0.15, -0.1) is 0 Å². The minimum absolute atomic E-state index is 0.248. The average molecular weight is 406 g/mol. The molecule has 0 aliphatic heterocycles. The molecule has 0 saturated heterocycles. The SMILES string of the molecule is COc1ccc(CCNC(=O)C(=O)NCCCCCCN)cc1OC1CCCC1. The fourth-order valence-corrected chi connectivity index (χ4v) is 3.46. The third kappa shape index (κ3) is 8.31. The van der Waals surface area contributed by atoms with E-state index in [0.717, 1.165) is 55.6 Å². The number of hydrogen-bond donors (Lipinski definition) is 3. The average Bonchev–Trinajstić information content (AvgIpc) is 3.23. The van der Waals surface area contributed by atoms with Gasteiger partial charge < -0.3 is 25.8 Å². The van der Waals surface area contributed by atoms with E-state index in [2.05, 4.69) is 10.6 Å². The van der Waals surface area contributed by atoms with Gasteiger partial charge in [0.1, 0.15) is 0 Å². The Labute approximate surface area is 173 Å². The third-order valence-electron chi connectivity index (χ3n) is 5.15. The van der Waals surface area contributed by atoms with E-state index in [9.17, 15) is 9.59 Å². The molecule has 1 aliphatic rings. The van der Waals surface area contributed by atoms with Gasteiger partial charge in [0, 0.05) is 13.1 Å². The number of unbranched alkanes of at least 4 members (excludes halogenated alkanes) is 3. The highest BCUT2D eigenvalue weighted by Crippen LogP contribution is 2.32. The normalized spacial score (nSPS) is 13.9. The molecule has 29 heavy (non-hydrogen) atoms. The number of benzene rings is 1. The standard InChI is InChI=1S/C22H35N3O4/c1-28-19-11-10-17(16-20(19)29-18-8-4-5-9-18)12-15-25-22(27)21(26)24-14-7-3-2-6-13-23/h10-11,16,18H,2-9,12-15,23H2,1H3,(H,24,26)(H,25,27). The van der Waals surface area contributed by atoms with Gasteiger partial charge >= 0.3 is 11.8 Å². The molecule has 0 unspecified atom stereocenters. The summed E-state index contributed by atoms with van der Waals surface area (Å²) < 4.78 is 11.5. The summed E-state index contributed by atoms with van der Waals surface area (Å²) in [4.78, 5) is 23.7. The van der Waals surface area contributed by atoms with E-state index in [0.29, 0.717) is 26.1 Å². The van der Waals surface area contributed by atoms with Crippen LogP contribution in [0.1, 0.15) is 56.9 Å². The number of amides is 2. The molecule has 0 bridgehead atoms. The predicted octanol–water partition coefficient (Wildman–Crippen LogP) is 2.31. The van der Waals surface area contributed by atoms with Crippen molar-refractivity contribution in [3.05, 3.63) is 23.8 Å². The molecule has 1 saturated carbocycles. The van der Waals surface area contributed by atoms with Crippen molar-refractivity contribution >= 4 is 11.8 Å². The summed E-state index contributed by atoms with van der Waals surface area (Å²) in [6.07, 6.45) is 9.32. The molecule has 0 spiro atoms. The first-order valence-corrected chi connectivity index (χ1v) is 10.7. The van der Waals surface area contributed by atoms with Gasteiger partial charge in [0.15, 0.2) is 11.5 Å². The Morgan fingerprint density at radius 1 is 1.00 bits per heavy atom. The lowest BCUT2D eigenvalue weighted by molar-refractivity contribution is -0.139. The summed E-state index contributed by atoms with van der Waals surface area (Å²) in [6, 6.07) is 5.80. The Bertz CT molecular complexity index is 645. The Kier molecular flexibility index (Phi) is 10.3. The molecule has 2 rings (SSSR count). The maximum atomic E-state index is 11.9. The van der Waals surface area contributed by atoms with Gasteiger partial charge in [0.2, 0.25) is 0 Å². The second-order valence-electron chi connectivity index (χ2n) is 7.47. The Hall–Kier alpha value is -2.28. The highest BCUT2D eigenvalue weighted by atomic mass is 16.5. The van der Waals surface area contributed by atoms with E-state index in [1.807, 2.05) is 18.2 Å². The summed E-state index contributed by atoms with van der Waals surface area (Å²) in [6.45, 7) is 1.59. The van der Waals surface area contributed by atoms with Crippen molar-refractivity contribution < 1.29 is 19.1 Å². The second-order valence-corrected chi connectivity index (χ2v) is 7.47. The van der Waals surface area contributed by atoms with Crippen molar-refractivity contribution in [2.24, 2.45) is 5.73 Å². The smallest absolute Gasteiger partial charge is 0.309 e. The third-order valence-corrected chi connectivity index (χ3v) is 5.15. The molecule has 1 aromatic rings. The van der Waals surface area contributed by atoms with Crippen LogP contribution < -0.4 is 25.8 Å². The summed E-state index contributed by atoms with van der Waals surface area (Å²) in [7, 11) is 1.63. The van der Waals surface area contributed by atoms with Crippen LogP contribution >= 0.6 is 0 Å². The molecule has 7 nitrogen and oxygen atoms in total. The molecule has 0 aromatic heterocycles. The molecule has 162 valence electrons. The molecule has 1 fully saturated rings. The van der Waals surface area contributed by atoms with Crippen LogP contribution in [0.3, 0.4) is 0 Å². The maximum Gasteiger partial charge on any atom is 0.309 e. The first kappa shape index (κ1) is 23.0. The number of nitrogens with one attached hydrogen (secondary N) is 2. The van der Waals surface area contributed by atoms with Crippen LogP contribution in [0.15, 0.2) is 18.2 Å². The molecule has 7 heteroatoms. The fourth-order valence-electron chi connectivity index (χ4n) is 3.46. The van der Waals surface area contributed by atoms with Crippen molar-refractivity contribution in [1.82, 2.24) is 10.6 Å². The second kappa shape index (κ2) is 13.0. The number of hydrogen-bond acceptors (Lipinski definition) is 5. The molecule has 2 amide bonds. The quantitative estimate of drug-likeness (QED) is 0.366. The van der Waals surface area contributed by atoms with Crippen LogP contribution in [0.4, 0.5) is 0 Å². The van der Waals surface area contributed by atoms with E-state index in [1.165, 1.54) is 12.8 Å². The van der Waals surface area contributed by atoms with Gasteiger partial charge in [0.25, 0.3) is 0 Å². The van der Waals surface area contributed by atoms with Crippen LogP contribution in [-0.2, 0) is 16.0 Å². The predicted molar refractivity (Wildman–Crippen MR) is 113 cm³/mol. The largest absolute Gasteiger partial charge is 0.493 e. The Balaban J connectivity index is 1.71. The minimum Gasteiger partial charge on any atom is -0.493 e. The van der Waals surface area contributed by atoms with E-state index < -0.39 is 11.8 Å². The van der Waals surface area contributed by atoms with Crippen molar-refractivity contribution in [1.29, 1.82) is 0 Å².